The molecule has 0 aliphatic heterocycles. The average Bonchev–Trinajstić information content (AvgIpc) is 2.36. The van der Waals surface area contributed by atoms with E-state index in [0.717, 1.165) is 16.1 Å². The Morgan fingerprint density at radius 2 is 1.72 bits per heavy atom. The zero-order valence-corrected chi connectivity index (χ0v) is 11.2. The molecule has 0 aliphatic rings. The molecule has 0 bridgehead atoms. The third-order valence-corrected chi connectivity index (χ3v) is 3.29. The monoisotopic (exact) mass is 281 g/mol. The molecule has 4 heteroatoms. The van der Waals surface area contributed by atoms with Gasteiger partial charge < -0.3 is 10.4 Å². The second-order valence-electron chi connectivity index (χ2n) is 3.98. The van der Waals surface area contributed by atoms with Crippen LogP contribution in [0.25, 0.3) is 0 Å². The summed E-state index contributed by atoms with van der Waals surface area (Å²) in [6, 6.07) is 12.9. The van der Waals surface area contributed by atoms with Gasteiger partial charge in [0.1, 0.15) is 5.75 Å². The highest BCUT2D eigenvalue weighted by Gasteiger charge is 2.01. The van der Waals surface area contributed by atoms with Crippen molar-refractivity contribution < 1.29 is 5.11 Å². The van der Waals surface area contributed by atoms with Crippen molar-refractivity contribution in [3.63, 3.8) is 0 Å². The Morgan fingerprint density at radius 3 is 2.44 bits per heavy atom. The summed E-state index contributed by atoms with van der Waals surface area (Å²) in [7, 11) is 0. The lowest BCUT2D eigenvalue weighted by Crippen LogP contribution is -2.12. The quantitative estimate of drug-likeness (QED) is 0.888. The van der Waals surface area contributed by atoms with Crippen LogP contribution in [0.2, 0.25) is 10.0 Å². The lowest BCUT2D eigenvalue weighted by molar-refractivity contribution is 0.475. The predicted octanol–water partition coefficient (Wildman–Crippen LogP) is 3.99. The van der Waals surface area contributed by atoms with Gasteiger partial charge in [-0.25, -0.2) is 0 Å². The highest BCUT2D eigenvalue weighted by atomic mass is 35.5. The molecule has 0 spiro atoms. The largest absolute Gasteiger partial charge is 0.506 e. The molecule has 2 aromatic carbocycles. The van der Waals surface area contributed by atoms with Gasteiger partial charge in [0.05, 0.1) is 5.02 Å². The maximum absolute atomic E-state index is 9.31. The predicted molar refractivity (Wildman–Crippen MR) is 75.1 cm³/mol. The minimum absolute atomic E-state index is 0.103. The van der Waals surface area contributed by atoms with Crippen molar-refractivity contribution in [1.82, 2.24) is 5.32 Å². The summed E-state index contributed by atoms with van der Waals surface area (Å²) in [6.45, 7) is 1.36. The van der Waals surface area contributed by atoms with Crippen LogP contribution in [0.1, 0.15) is 11.1 Å². The Labute approximate surface area is 116 Å². The average molecular weight is 282 g/mol. The van der Waals surface area contributed by atoms with Crippen LogP contribution in [0.3, 0.4) is 0 Å². The Balaban J connectivity index is 1.92. The van der Waals surface area contributed by atoms with Crippen molar-refractivity contribution in [3.8, 4) is 5.75 Å². The number of benzene rings is 2. The molecule has 18 heavy (non-hydrogen) atoms. The van der Waals surface area contributed by atoms with Crippen LogP contribution in [-0.4, -0.2) is 5.11 Å². The van der Waals surface area contributed by atoms with Crippen LogP contribution >= 0.6 is 23.2 Å². The summed E-state index contributed by atoms with van der Waals surface area (Å²) >= 11 is 11.9. The van der Waals surface area contributed by atoms with Crippen molar-refractivity contribution >= 4 is 23.2 Å². The van der Waals surface area contributed by atoms with Crippen molar-refractivity contribution in [1.29, 1.82) is 0 Å². The van der Waals surface area contributed by atoms with Gasteiger partial charge in [-0.05, 0) is 29.3 Å². The van der Waals surface area contributed by atoms with Gasteiger partial charge in [-0.1, -0.05) is 47.5 Å². The molecule has 0 aliphatic carbocycles. The molecule has 0 unspecified atom stereocenters. The van der Waals surface area contributed by atoms with E-state index in [2.05, 4.69) is 5.32 Å². The minimum atomic E-state index is 0.103. The van der Waals surface area contributed by atoms with Gasteiger partial charge >= 0.3 is 0 Å². The zero-order chi connectivity index (χ0) is 13.0. The van der Waals surface area contributed by atoms with Gasteiger partial charge in [0.25, 0.3) is 0 Å². The van der Waals surface area contributed by atoms with Gasteiger partial charge in [-0.2, -0.15) is 0 Å². The summed E-state index contributed by atoms with van der Waals surface area (Å²) in [5.74, 6) is 0.103. The fourth-order valence-corrected chi connectivity index (χ4v) is 2.05. The number of hydrogen-bond acceptors (Lipinski definition) is 2. The lowest BCUT2D eigenvalue weighted by atomic mass is 10.2. The van der Waals surface area contributed by atoms with Crippen molar-refractivity contribution in [2.45, 2.75) is 13.1 Å². The SMILES string of the molecule is Oc1ccc(CNCc2ccccc2Cl)cc1Cl. The van der Waals surface area contributed by atoms with E-state index in [0.29, 0.717) is 18.1 Å². The summed E-state index contributed by atoms with van der Waals surface area (Å²) in [5, 5.41) is 13.7. The topological polar surface area (TPSA) is 32.3 Å². The van der Waals surface area contributed by atoms with Crippen molar-refractivity contribution in [2.24, 2.45) is 0 Å². The number of phenols is 1. The van der Waals surface area contributed by atoms with Crippen LogP contribution in [0.15, 0.2) is 42.5 Å². The highest BCUT2D eigenvalue weighted by Crippen LogP contribution is 2.23. The Morgan fingerprint density at radius 1 is 0.944 bits per heavy atom. The van der Waals surface area contributed by atoms with Gasteiger partial charge in [-0.3, -0.25) is 0 Å². The first-order chi connectivity index (χ1) is 8.66. The maximum Gasteiger partial charge on any atom is 0.134 e. The normalized spacial score (nSPS) is 10.6. The summed E-state index contributed by atoms with van der Waals surface area (Å²) < 4.78 is 0. The first kappa shape index (κ1) is 13.2. The van der Waals surface area contributed by atoms with Gasteiger partial charge in [0.15, 0.2) is 0 Å². The zero-order valence-electron chi connectivity index (χ0n) is 9.66. The molecule has 0 radical (unpaired) electrons. The van der Waals surface area contributed by atoms with Crippen molar-refractivity contribution in [2.75, 3.05) is 0 Å². The molecule has 0 saturated carbocycles. The van der Waals surface area contributed by atoms with Crippen LogP contribution in [0.4, 0.5) is 0 Å². The number of nitrogens with one attached hydrogen (secondary N) is 1. The lowest BCUT2D eigenvalue weighted by Gasteiger charge is -2.07. The number of hydrogen-bond donors (Lipinski definition) is 2. The molecule has 0 heterocycles. The maximum atomic E-state index is 9.31. The molecule has 2 rings (SSSR count). The third kappa shape index (κ3) is 3.39. The Kier molecular flexibility index (Phi) is 4.48. The summed E-state index contributed by atoms with van der Waals surface area (Å²) in [5.41, 5.74) is 2.08. The van der Waals surface area contributed by atoms with E-state index >= 15 is 0 Å². The Bertz CT molecular complexity index is 543. The molecule has 0 amide bonds. The Hall–Kier alpha value is -1.22. The third-order valence-electron chi connectivity index (χ3n) is 2.61. The van der Waals surface area contributed by atoms with Crippen molar-refractivity contribution in [3.05, 3.63) is 63.6 Å². The number of rotatable bonds is 4. The van der Waals surface area contributed by atoms with Crippen LogP contribution in [-0.2, 0) is 13.1 Å². The molecule has 94 valence electrons. The van der Waals surface area contributed by atoms with Crippen LogP contribution in [0, 0.1) is 0 Å². The first-order valence-electron chi connectivity index (χ1n) is 5.58. The van der Waals surface area contributed by atoms with E-state index in [9.17, 15) is 5.11 Å². The van der Waals surface area contributed by atoms with E-state index in [1.807, 2.05) is 30.3 Å². The fraction of sp³-hybridized carbons (Fsp3) is 0.143. The van der Waals surface area contributed by atoms with Gasteiger partial charge in [-0.15, -0.1) is 0 Å². The molecular formula is C14H13Cl2NO. The fourth-order valence-electron chi connectivity index (χ4n) is 1.64. The molecule has 0 aromatic heterocycles. The van der Waals surface area contributed by atoms with E-state index in [1.165, 1.54) is 0 Å². The van der Waals surface area contributed by atoms with Gasteiger partial charge in [0.2, 0.25) is 0 Å². The number of phenolic OH excluding ortho intramolecular Hbond substituents is 1. The van der Waals surface area contributed by atoms with E-state index < -0.39 is 0 Å². The number of aromatic hydroxyl groups is 1. The smallest absolute Gasteiger partial charge is 0.134 e. The van der Waals surface area contributed by atoms with E-state index in [1.54, 1.807) is 12.1 Å². The second-order valence-corrected chi connectivity index (χ2v) is 4.80. The standard InChI is InChI=1S/C14H13Cl2NO/c15-12-4-2-1-3-11(12)9-17-8-10-5-6-14(18)13(16)7-10/h1-7,17-18H,8-9H2. The first-order valence-corrected chi connectivity index (χ1v) is 6.34. The molecular weight excluding hydrogens is 269 g/mol. The molecule has 2 N–H and O–H groups in total. The van der Waals surface area contributed by atoms with E-state index in [-0.39, 0.29) is 5.75 Å². The van der Waals surface area contributed by atoms with E-state index in [4.69, 9.17) is 23.2 Å². The molecule has 0 saturated heterocycles. The van der Waals surface area contributed by atoms with Gasteiger partial charge in [0, 0.05) is 18.1 Å². The summed E-state index contributed by atoms with van der Waals surface area (Å²) in [4.78, 5) is 0. The summed E-state index contributed by atoms with van der Waals surface area (Å²) in [6.07, 6.45) is 0. The van der Waals surface area contributed by atoms with Crippen LogP contribution < -0.4 is 5.32 Å². The molecule has 0 atom stereocenters. The number of halogens is 2. The highest BCUT2D eigenvalue weighted by molar-refractivity contribution is 6.32. The molecule has 2 aromatic rings. The molecule has 2 nitrogen and oxygen atoms in total. The second kappa shape index (κ2) is 6.10. The molecule has 0 fully saturated rings. The minimum Gasteiger partial charge on any atom is -0.506 e. The van der Waals surface area contributed by atoms with Crippen LogP contribution in [0.5, 0.6) is 5.75 Å².